The van der Waals surface area contributed by atoms with E-state index in [9.17, 15) is 13.9 Å². The van der Waals surface area contributed by atoms with Gasteiger partial charge in [0.05, 0.1) is 12.1 Å². The summed E-state index contributed by atoms with van der Waals surface area (Å²) in [6, 6.07) is 8.10. The zero-order valence-electron chi connectivity index (χ0n) is 11.2. The number of aliphatic hydroxyl groups is 1. The van der Waals surface area contributed by atoms with Crippen LogP contribution in [-0.4, -0.2) is 23.2 Å². The highest BCUT2D eigenvalue weighted by atomic mass is 19.3. The van der Waals surface area contributed by atoms with Crippen molar-refractivity contribution in [2.75, 3.05) is 0 Å². The summed E-state index contributed by atoms with van der Waals surface area (Å²) in [6.45, 7) is 1.85. The fourth-order valence-electron chi connectivity index (χ4n) is 2.66. The van der Waals surface area contributed by atoms with Crippen molar-refractivity contribution >= 4 is 0 Å². The summed E-state index contributed by atoms with van der Waals surface area (Å²) in [4.78, 5) is 0. The Balaban J connectivity index is 2.10. The predicted octanol–water partition coefficient (Wildman–Crippen LogP) is 3.28. The van der Waals surface area contributed by atoms with Gasteiger partial charge in [-0.2, -0.15) is 0 Å². The number of rotatable bonds is 3. The van der Waals surface area contributed by atoms with Gasteiger partial charge in [-0.1, -0.05) is 36.8 Å². The Bertz CT molecular complexity index is 396. The summed E-state index contributed by atoms with van der Waals surface area (Å²) in [5.74, 6) is -2.85. The molecule has 1 saturated carbocycles. The Hall–Kier alpha value is -1.00. The fourth-order valence-corrected chi connectivity index (χ4v) is 2.66. The molecule has 106 valence electrons. The summed E-state index contributed by atoms with van der Waals surface area (Å²) in [6.07, 6.45) is 0.442. The Labute approximate surface area is 112 Å². The van der Waals surface area contributed by atoms with Crippen LogP contribution in [0.2, 0.25) is 0 Å². The van der Waals surface area contributed by atoms with Crippen LogP contribution in [0.5, 0.6) is 0 Å². The van der Waals surface area contributed by atoms with Crippen molar-refractivity contribution in [1.29, 1.82) is 0 Å². The minimum absolute atomic E-state index is 0.150. The quantitative estimate of drug-likeness (QED) is 0.825. The second-order valence-corrected chi connectivity index (χ2v) is 5.35. The second-order valence-electron chi connectivity index (χ2n) is 5.35. The normalized spacial score (nSPS) is 28.6. The molecule has 0 amide bonds. The lowest BCUT2D eigenvalue weighted by Crippen LogP contribution is -2.52. The van der Waals surface area contributed by atoms with Gasteiger partial charge in [0, 0.05) is 12.5 Å². The summed E-state index contributed by atoms with van der Waals surface area (Å²) in [5.41, 5.74) is 0.953. The van der Waals surface area contributed by atoms with Crippen LogP contribution in [0, 0.1) is 0 Å². The molecule has 1 aromatic carbocycles. The molecule has 4 heteroatoms. The maximum absolute atomic E-state index is 14.0. The molecule has 1 fully saturated rings. The first-order valence-electron chi connectivity index (χ1n) is 6.87. The third-order valence-electron chi connectivity index (χ3n) is 3.83. The maximum Gasteiger partial charge on any atom is 0.265 e. The second kappa shape index (κ2) is 5.97. The van der Waals surface area contributed by atoms with Crippen LogP contribution < -0.4 is 5.32 Å². The van der Waals surface area contributed by atoms with Crippen LogP contribution in [0.15, 0.2) is 30.3 Å². The van der Waals surface area contributed by atoms with Crippen molar-refractivity contribution in [3.05, 3.63) is 35.9 Å². The third kappa shape index (κ3) is 3.51. The Morgan fingerprint density at radius 2 is 1.95 bits per heavy atom. The molecule has 19 heavy (non-hydrogen) atoms. The predicted molar refractivity (Wildman–Crippen MR) is 71.2 cm³/mol. The molecular weight excluding hydrogens is 248 g/mol. The van der Waals surface area contributed by atoms with E-state index >= 15 is 0 Å². The molecule has 0 spiro atoms. The molecule has 0 saturated heterocycles. The van der Waals surface area contributed by atoms with Crippen molar-refractivity contribution in [1.82, 2.24) is 5.32 Å². The van der Waals surface area contributed by atoms with Gasteiger partial charge < -0.3 is 5.11 Å². The van der Waals surface area contributed by atoms with Gasteiger partial charge in [0.25, 0.3) is 5.92 Å². The van der Waals surface area contributed by atoms with Gasteiger partial charge in [0.2, 0.25) is 0 Å². The highest BCUT2D eigenvalue weighted by molar-refractivity contribution is 5.18. The minimum atomic E-state index is -2.85. The number of benzene rings is 1. The molecule has 1 aliphatic carbocycles. The van der Waals surface area contributed by atoms with Gasteiger partial charge in [-0.05, 0) is 25.3 Å². The number of aliphatic hydroxyl groups excluding tert-OH is 1. The van der Waals surface area contributed by atoms with Crippen LogP contribution in [0.1, 0.15) is 44.2 Å². The molecule has 0 aromatic heterocycles. The van der Waals surface area contributed by atoms with E-state index < -0.39 is 18.1 Å². The molecule has 3 atom stereocenters. The maximum atomic E-state index is 14.0. The number of alkyl halides is 2. The molecule has 0 radical (unpaired) electrons. The minimum Gasteiger partial charge on any atom is -0.391 e. The lowest BCUT2D eigenvalue weighted by Gasteiger charge is -2.32. The van der Waals surface area contributed by atoms with Gasteiger partial charge in [-0.15, -0.1) is 0 Å². The standard InChI is InChI=1S/C15H21F2NO/c1-11(12-7-3-2-4-8-12)18-14-13(19)9-5-6-10-15(14,16)17/h2-4,7-8,11,13-14,18-19H,5-6,9-10H2,1H3/t11-,13-,14+/m1/s1. The van der Waals surface area contributed by atoms with Crippen LogP contribution in [-0.2, 0) is 0 Å². The van der Waals surface area contributed by atoms with Gasteiger partial charge in [-0.25, -0.2) is 8.78 Å². The zero-order valence-corrected chi connectivity index (χ0v) is 11.2. The number of hydrogen-bond donors (Lipinski definition) is 2. The molecule has 2 nitrogen and oxygen atoms in total. The Morgan fingerprint density at radius 1 is 1.26 bits per heavy atom. The number of nitrogens with one attached hydrogen (secondary N) is 1. The van der Waals surface area contributed by atoms with Crippen molar-refractivity contribution in [2.24, 2.45) is 0 Å². The SMILES string of the molecule is C[C@@H](N[C@H]1[C@H](O)CCCCC1(F)F)c1ccccc1. The van der Waals surface area contributed by atoms with Gasteiger partial charge >= 0.3 is 0 Å². The van der Waals surface area contributed by atoms with Crippen molar-refractivity contribution < 1.29 is 13.9 Å². The summed E-state index contributed by atoms with van der Waals surface area (Å²) < 4.78 is 28.1. The smallest absolute Gasteiger partial charge is 0.265 e. The van der Waals surface area contributed by atoms with Gasteiger partial charge in [0.1, 0.15) is 0 Å². The van der Waals surface area contributed by atoms with Crippen LogP contribution in [0.3, 0.4) is 0 Å². The van der Waals surface area contributed by atoms with E-state index in [1.54, 1.807) is 0 Å². The summed E-state index contributed by atoms with van der Waals surface area (Å²) in [7, 11) is 0. The lowest BCUT2D eigenvalue weighted by molar-refractivity contribution is -0.0795. The molecule has 0 aliphatic heterocycles. The van der Waals surface area contributed by atoms with Crippen molar-refractivity contribution in [2.45, 2.75) is 56.7 Å². The van der Waals surface area contributed by atoms with E-state index in [-0.39, 0.29) is 12.5 Å². The number of hydrogen-bond acceptors (Lipinski definition) is 2. The van der Waals surface area contributed by atoms with Crippen LogP contribution >= 0.6 is 0 Å². The monoisotopic (exact) mass is 269 g/mol. The largest absolute Gasteiger partial charge is 0.391 e. The average molecular weight is 269 g/mol. The summed E-state index contributed by atoms with van der Waals surface area (Å²) in [5, 5.41) is 12.9. The van der Waals surface area contributed by atoms with Gasteiger partial charge in [-0.3, -0.25) is 5.32 Å². The molecular formula is C15H21F2NO. The molecule has 0 unspecified atom stereocenters. The molecule has 1 aromatic rings. The Morgan fingerprint density at radius 3 is 2.63 bits per heavy atom. The molecule has 1 aliphatic rings. The average Bonchev–Trinajstić information content (AvgIpc) is 2.52. The van der Waals surface area contributed by atoms with E-state index in [0.717, 1.165) is 5.56 Å². The molecule has 0 heterocycles. The van der Waals surface area contributed by atoms with E-state index in [2.05, 4.69) is 5.32 Å². The van der Waals surface area contributed by atoms with Gasteiger partial charge in [0.15, 0.2) is 0 Å². The highest BCUT2D eigenvalue weighted by Crippen LogP contribution is 2.33. The first-order chi connectivity index (χ1) is 9.00. The molecule has 2 rings (SSSR count). The van der Waals surface area contributed by atoms with E-state index in [1.807, 2.05) is 37.3 Å². The third-order valence-corrected chi connectivity index (χ3v) is 3.83. The first kappa shape index (κ1) is 14.4. The first-order valence-corrected chi connectivity index (χ1v) is 6.87. The van der Waals surface area contributed by atoms with Crippen molar-refractivity contribution in [3.8, 4) is 0 Å². The topological polar surface area (TPSA) is 32.3 Å². The van der Waals surface area contributed by atoms with E-state index in [1.165, 1.54) is 0 Å². The lowest BCUT2D eigenvalue weighted by atomic mass is 9.99. The van der Waals surface area contributed by atoms with Crippen LogP contribution in [0.25, 0.3) is 0 Å². The Kier molecular flexibility index (Phi) is 4.53. The number of halogens is 2. The zero-order chi connectivity index (χ0) is 13.9. The molecule has 2 N–H and O–H groups in total. The fraction of sp³-hybridized carbons (Fsp3) is 0.600. The van der Waals surface area contributed by atoms with E-state index in [0.29, 0.717) is 19.3 Å². The van der Waals surface area contributed by atoms with E-state index in [4.69, 9.17) is 0 Å². The van der Waals surface area contributed by atoms with Crippen molar-refractivity contribution in [3.63, 3.8) is 0 Å². The molecule has 0 bridgehead atoms. The highest BCUT2D eigenvalue weighted by Gasteiger charge is 2.45. The van der Waals surface area contributed by atoms with Crippen LogP contribution in [0.4, 0.5) is 8.78 Å². The summed E-state index contributed by atoms with van der Waals surface area (Å²) >= 11 is 0.